The maximum absolute atomic E-state index is 12.7. The van der Waals surface area contributed by atoms with E-state index in [9.17, 15) is 8.42 Å². The third kappa shape index (κ3) is 3.45. The first-order valence-corrected chi connectivity index (χ1v) is 8.76. The molecular weight excluding hydrogens is 286 g/mol. The van der Waals surface area contributed by atoms with E-state index in [1.807, 2.05) is 27.1 Å². The Morgan fingerprint density at radius 3 is 2.43 bits per heavy atom. The molecule has 1 aliphatic heterocycles. The molecule has 0 radical (unpaired) electrons. The molecule has 0 aliphatic carbocycles. The first-order chi connectivity index (χ1) is 9.86. The number of aryl methyl sites for hydroxylation is 1. The summed E-state index contributed by atoms with van der Waals surface area (Å²) < 4.78 is 27.0. The average Bonchev–Trinajstić information content (AvgIpc) is 2.47. The van der Waals surface area contributed by atoms with Crippen LogP contribution in [0.4, 0.5) is 0 Å². The van der Waals surface area contributed by atoms with Crippen LogP contribution in [0, 0.1) is 6.92 Å². The van der Waals surface area contributed by atoms with Crippen LogP contribution in [0.5, 0.6) is 0 Å². The fourth-order valence-electron chi connectivity index (χ4n) is 2.78. The van der Waals surface area contributed by atoms with E-state index >= 15 is 0 Å². The van der Waals surface area contributed by atoms with Crippen molar-refractivity contribution in [1.82, 2.24) is 9.21 Å². The van der Waals surface area contributed by atoms with E-state index in [0.29, 0.717) is 30.6 Å². The maximum Gasteiger partial charge on any atom is 0.243 e. The van der Waals surface area contributed by atoms with E-state index in [4.69, 9.17) is 5.73 Å². The smallest absolute Gasteiger partial charge is 0.243 e. The fourth-order valence-corrected chi connectivity index (χ4v) is 4.30. The van der Waals surface area contributed by atoms with Gasteiger partial charge >= 0.3 is 0 Å². The molecule has 1 aliphatic rings. The molecule has 0 spiro atoms. The summed E-state index contributed by atoms with van der Waals surface area (Å²) in [5.41, 5.74) is 7.60. The molecule has 0 amide bonds. The highest BCUT2D eigenvalue weighted by atomic mass is 32.2. The Balaban J connectivity index is 2.19. The molecule has 0 saturated carbocycles. The molecule has 0 atom stereocenters. The first kappa shape index (κ1) is 16.4. The van der Waals surface area contributed by atoms with Gasteiger partial charge in [-0.15, -0.1) is 0 Å². The molecule has 0 aromatic heterocycles. The molecular formula is C15H25N3O2S. The number of rotatable bonds is 4. The highest BCUT2D eigenvalue weighted by Gasteiger charge is 2.30. The van der Waals surface area contributed by atoms with Crippen molar-refractivity contribution < 1.29 is 8.42 Å². The number of hydrogen-bond donors (Lipinski definition) is 1. The van der Waals surface area contributed by atoms with Crippen molar-refractivity contribution in [3.8, 4) is 0 Å². The van der Waals surface area contributed by atoms with E-state index in [0.717, 1.165) is 24.0 Å². The lowest BCUT2D eigenvalue weighted by molar-refractivity contribution is 0.196. The summed E-state index contributed by atoms with van der Waals surface area (Å²) in [6.45, 7) is 3.47. The Hall–Kier alpha value is -0.950. The van der Waals surface area contributed by atoms with Crippen molar-refractivity contribution in [2.45, 2.75) is 37.2 Å². The largest absolute Gasteiger partial charge is 0.326 e. The lowest BCUT2D eigenvalue weighted by Crippen LogP contribution is -2.44. The molecule has 21 heavy (non-hydrogen) atoms. The van der Waals surface area contributed by atoms with Gasteiger partial charge in [-0.2, -0.15) is 4.31 Å². The summed E-state index contributed by atoms with van der Waals surface area (Å²) in [6, 6.07) is 5.70. The lowest BCUT2D eigenvalue weighted by Gasteiger charge is -2.34. The SMILES string of the molecule is Cc1ccc(S(=O)(=O)N2CCC(N(C)C)CC2)cc1CN. The minimum atomic E-state index is -3.40. The number of nitrogens with two attached hydrogens (primary N) is 1. The highest BCUT2D eigenvalue weighted by Crippen LogP contribution is 2.23. The second-order valence-corrected chi connectivity index (χ2v) is 7.83. The minimum absolute atomic E-state index is 0.358. The molecule has 5 nitrogen and oxygen atoms in total. The molecule has 2 N–H and O–H groups in total. The third-order valence-electron chi connectivity index (χ3n) is 4.33. The van der Waals surface area contributed by atoms with Crippen LogP contribution in [0.3, 0.4) is 0 Å². The van der Waals surface area contributed by atoms with Gasteiger partial charge in [-0.1, -0.05) is 6.07 Å². The summed E-state index contributed by atoms with van der Waals surface area (Å²) in [6.07, 6.45) is 1.75. The molecule has 1 saturated heterocycles. The molecule has 2 rings (SSSR count). The molecule has 1 fully saturated rings. The van der Waals surface area contributed by atoms with E-state index in [-0.39, 0.29) is 0 Å². The number of sulfonamides is 1. The Morgan fingerprint density at radius 1 is 1.29 bits per heavy atom. The standard InChI is InChI=1S/C15H25N3O2S/c1-12-4-5-15(10-13(12)11-16)21(19,20)18-8-6-14(7-9-18)17(2)3/h4-5,10,14H,6-9,11,16H2,1-3H3. The van der Waals surface area contributed by atoms with Crippen LogP contribution >= 0.6 is 0 Å². The van der Waals surface area contributed by atoms with Gasteiger partial charge in [0.05, 0.1) is 4.90 Å². The third-order valence-corrected chi connectivity index (χ3v) is 6.23. The Bertz CT molecular complexity index is 591. The second-order valence-electron chi connectivity index (χ2n) is 5.89. The van der Waals surface area contributed by atoms with Crippen LogP contribution in [-0.4, -0.2) is 50.8 Å². The Labute approximate surface area is 127 Å². The van der Waals surface area contributed by atoms with Crippen LogP contribution in [0.2, 0.25) is 0 Å². The van der Waals surface area contributed by atoms with Gasteiger partial charge in [-0.05, 0) is 57.1 Å². The Morgan fingerprint density at radius 2 is 1.90 bits per heavy atom. The van der Waals surface area contributed by atoms with Gasteiger partial charge in [-0.25, -0.2) is 8.42 Å². The van der Waals surface area contributed by atoms with E-state index in [1.165, 1.54) is 0 Å². The minimum Gasteiger partial charge on any atom is -0.326 e. The second kappa shape index (κ2) is 6.44. The summed E-state index contributed by atoms with van der Waals surface area (Å²) in [5.74, 6) is 0. The zero-order valence-corrected chi connectivity index (χ0v) is 13.9. The van der Waals surface area contributed by atoms with Gasteiger partial charge in [0.2, 0.25) is 10.0 Å². The highest BCUT2D eigenvalue weighted by molar-refractivity contribution is 7.89. The number of nitrogens with zero attached hydrogens (tertiary/aromatic N) is 2. The summed E-state index contributed by atoms with van der Waals surface area (Å²) in [5, 5.41) is 0. The number of hydrogen-bond acceptors (Lipinski definition) is 4. The average molecular weight is 311 g/mol. The zero-order chi connectivity index (χ0) is 15.6. The molecule has 0 unspecified atom stereocenters. The zero-order valence-electron chi connectivity index (χ0n) is 13.0. The molecule has 1 aromatic rings. The summed E-state index contributed by atoms with van der Waals surface area (Å²) in [4.78, 5) is 2.53. The van der Waals surface area contributed by atoms with Gasteiger partial charge in [-0.3, -0.25) is 0 Å². The molecule has 6 heteroatoms. The van der Waals surface area contributed by atoms with Crippen LogP contribution in [0.1, 0.15) is 24.0 Å². The molecule has 1 aromatic carbocycles. The van der Waals surface area contributed by atoms with Crippen LogP contribution in [0.25, 0.3) is 0 Å². The van der Waals surface area contributed by atoms with Gasteiger partial charge in [0.15, 0.2) is 0 Å². The summed E-state index contributed by atoms with van der Waals surface area (Å²) in [7, 11) is 0.687. The van der Waals surface area contributed by atoms with E-state index in [1.54, 1.807) is 16.4 Å². The molecule has 1 heterocycles. The first-order valence-electron chi connectivity index (χ1n) is 7.32. The molecule has 0 bridgehead atoms. The van der Waals surface area contributed by atoms with Crippen LogP contribution < -0.4 is 5.73 Å². The predicted octanol–water partition coefficient (Wildman–Crippen LogP) is 1.17. The number of piperidine rings is 1. The van der Waals surface area contributed by atoms with Crippen molar-refractivity contribution in [3.05, 3.63) is 29.3 Å². The van der Waals surface area contributed by atoms with Gasteiger partial charge in [0.1, 0.15) is 0 Å². The van der Waals surface area contributed by atoms with Crippen molar-refractivity contribution in [1.29, 1.82) is 0 Å². The van der Waals surface area contributed by atoms with Gasteiger partial charge in [0.25, 0.3) is 0 Å². The van der Waals surface area contributed by atoms with Crippen molar-refractivity contribution in [2.24, 2.45) is 5.73 Å². The summed E-state index contributed by atoms with van der Waals surface area (Å²) >= 11 is 0. The van der Waals surface area contributed by atoms with Crippen LogP contribution in [0.15, 0.2) is 23.1 Å². The monoisotopic (exact) mass is 311 g/mol. The maximum atomic E-state index is 12.7. The quantitative estimate of drug-likeness (QED) is 0.906. The van der Waals surface area contributed by atoms with Crippen molar-refractivity contribution in [2.75, 3.05) is 27.2 Å². The molecule has 118 valence electrons. The van der Waals surface area contributed by atoms with E-state index < -0.39 is 10.0 Å². The van der Waals surface area contributed by atoms with Crippen molar-refractivity contribution in [3.63, 3.8) is 0 Å². The van der Waals surface area contributed by atoms with Crippen LogP contribution in [-0.2, 0) is 16.6 Å². The van der Waals surface area contributed by atoms with Gasteiger partial charge in [0, 0.05) is 25.7 Å². The van der Waals surface area contributed by atoms with Gasteiger partial charge < -0.3 is 10.6 Å². The van der Waals surface area contributed by atoms with Crippen molar-refractivity contribution >= 4 is 10.0 Å². The lowest BCUT2D eigenvalue weighted by atomic mass is 10.1. The fraction of sp³-hybridized carbons (Fsp3) is 0.600. The van der Waals surface area contributed by atoms with E-state index in [2.05, 4.69) is 4.90 Å². The predicted molar refractivity (Wildman–Crippen MR) is 84.5 cm³/mol. The number of benzene rings is 1. The Kier molecular flexibility index (Phi) is 5.03. The normalized spacial score (nSPS) is 18.3. The topological polar surface area (TPSA) is 66.6 Å².